The van der Waals surface area contributed by atoms with Gasteiger partial charge in [0, 0.05) is 11.2 Å². The van der Waals surface area contributed by atoms with Crippen LogP contribution in [0.15, 0.2) is 82.8 Å². The molecule has 3 aromatic rings. The Morgan fingerprint density at radius 3 is 1.67 bits per heavy atom. The highest BCUT2D eigenvalue weighted by Gasteiger charge is 2.29. The van der Waals surface area contributed by atoms with E-state index >= 15 is 0 Å². The molecule has 0 aliphatic rings. The van der Waals surface area contributed by atoms with Gasteiger partial charge < -0.3 is 5.21 Å². The molecule has 0 spiro atoms. The quantitative estimate of drug-likeness (QED) is 0.457. The Morgan fingerprint density at radius 2 is 1.19 bits per heavy atom. The van der Waals surface area contributed by atoms with Crippen molar-refractivity contribution in [3.8, 4) is 0 Å². The highest BCUT2D eigenvalue weighted by atomic mass is 32.2. The SMILES string of the molecule is O=S(=O)(Cc1ccccc1)c1ccc(S(=O)(=O)Cc2ccccc2)[n+]([O-])n1. The van der Waals surface area contributed by atoms with Gasteiger partial charge in [0.2, 0.25) is 24.7 Å². The fraction of sp³-hybridized carbons (Fsp3) is 0.111. The molecule has 9 heteroatoms. The van der Waals surface area contributed by atoms with Gasteiger partial charge in [-0.25, -0.2) is 16.8 Å². The summed E-state index contributed by atoms with van der Waals surface area (Å²) in [6.07, 6.45) is 0. The Bertz CT molecular complexity index is 1150. The van der Waals surface area contributed by atoms with Crippen molar-refractivity contribution in [1.82, 2.24) is 5.10 Å². The van der Waals surface area contributed by atoms with Crippen molar-refractivity contribution in [2.24, 2.45) is 0 Å². The van der Waals surface area contributed by atoms with Gasteiger partial charge in [0.1, 0.15) is 0 Å². The second-order valence-electron chi connectivity index (χ2n) is 5.87. The van der Waals surface area contributed by atoms with Gasteiger partial charge in [-0.05, 0) is 22.0 Å². The summed E-state index contributed by atoms with van der Waals surface area (Å²) in [4.78, 5) is -0.143. The van der Waals surface area contributed by atoms with E-state index in [2.05, 4.69) is 5.10 Å². The molecule has 0 saturated carbocycles. The molecule has 0 bridgehead atoms. The van der Waals surface area contributed by atoms with E-state index in [0.29, 0.717) is 11.1 Å². The predicted molar refractivity (Wildman–Crippen MR) is 97.9 cm³/mol. The summed E-state index contributed by atoms with van der Waals surface area (Å²) in [5, 5.41) is 14.5. The van der Waals surface area contributed by atoms with Crippen LogP contribution >= 0.6 is 0 Å². The van der Waals surface area contributed by atoms with Crippen molar-refractivity contribution in [3.05, 3.63) is 89.1 Å². The lowest BCUT2D eigenvalue weighted by molar-refractivity contribution is -0.711. The minimum absolute atomic E-state index is 0.143. The van der Waals surface area contributed by atoms with Crippen molar-refractivity contribution in [1.29, 1.82) is 0 Å². The summed E-state index contributed by atoms with van der Waals surface area (Å²) in [6.45, 7) is 0. The van der Waals surface area contributed by atoms with E-state index in [0.717, 1.165) is 12.1 Å². The lowest BCUT2D eigenvalue weighted by Crippen LogP contribution is -2.39. The fourth-order valence-electron chi connectivity index (χ4n) is 2.50. The minimum Gasteiger partial charge on any atom is -0.593 e. The van der Waals surface area contributed by atoms with Crippen LogP contribution in [0.3, 0.4) is 0 Å². The zero-order valence-electron chi connectivity index (χ0n) is 14.1. The zero-order chi connectivity index (χ0) is 19.5. The maximum atomic E-state index is 12.5. The molecule has 2 aromatic carbocycles. The first kappa shape index (κ1) is 19.0. The molecule has 0 saturated heterocycles. The maximum absolute atomic E-state index is 12.5. The molecule has 1 heterocycles. The Balaban J connectivity index is 1.89. The summed E-state index contributed by atoms with van der Waals surface area (Å²) in [5.41, 5.74) is 1.05. The number of nitrogens with zero attached hydrogens (tertiary/aromatic N) is 2. The van der Waals surface area contributed by atoms with Gasteiger partial charge in [-0.2, -0.15) is 0 Å². The Hall–Kier alpha value is -2.78. The standard InChI is InChI=1S/C18H16N2O5S2/c21-20-18(27(24,25)14-16-9-5-2-6-10-16)12-11-17(19-20)26(22,23)13-15-7-3-1-4-8-15/h1-12H,13-14H2. The van der Waals surface area contributed by atoms with E-state index in [4.69, 9.17) is 0 Å². The summed E-state index contributed by atoms with van der Waals surface area (Å²) >= 11 is 0. The Morgan fingerprint density at radius 1 is 0.704 bits per heavy atom. The van der Waals surface area contributed by atoms with Crippen molar-refractivity contribution < 1.29 is 21.7 Å². The topological polar surface area (TPSA) is 108 Å². The number of aromatic nitrogens is 2. The van der Waals surface area contributed by atoms with Gasteiger partial charge in [0.25, 0.3) is 0 Å². The minimum atomic E-state index is -3.97. The van der Waals surface area contributed by atoms with Crippen LogP contribution in [0.5, 0.6) is 0 Å². The first-order valence-corrected chi connectivity index (χ1v) is 11.2. The van der Waals surface area contributed by atoms with Crippen LogP contribution < -0.4 is 4.85 Å². The summed E-state index contributed by atoms with van der Waals surface area (Å²) < 4.78 is 49.8. The average molecular weight is 404 g/mol. The van der Waals surface area contributed by atoms with Gasteiger partial charge in [-0.1, -0.05) is 60.7 Å². The van der Waals surface area contributed by atoms with Crippen LogP contribution in [-0.2, 0) is 31.2 Å². The molecule has 0 N–H and O–H groups in total. The van der Waals surface area contributed by atoms with Gasteiger partial charge in [0.15, 0.2) is 0 Å². The second kappa shape index (κ2) is 7.45. The molecule has 27 heavy (non-hydrogen) atoms. The summed E-state index contributed by atoms with van der Waals surface area (Å²) in [7, 11) is -7.86. The molecule has 0 unspecified atom stereocenters. The van der Waals surface area contributed by atoms with Gasteiger partial charge in [0.05, 0.1) is 11.5 Å². The van der Waals surface area contributed by atoms with Crippen LogP contribution in [-0.4, -0.2) is 21.9 Å². The fourth-order valence-corrected chi connectivity index (χ4v) is 5.09. The Labute approximate surface area is 157 Å². The van der Waals surface area contributed by atoms with Crippen LogP contribution in [0.1, 0.15) is 11.1 Å². The lowest BCUT2D eigenvalue weighted by Gasteiger charge is -2.07. The van der Waals surface area contributed by atoms with Crippen LogP contribution in [0.4, 0.5) is 0 Å². The third-order valence-electron chi connectivity index (χ3n) is 3.78. The number of hydrogen-bond acceptors (Lipinski definition) is 6. The molecule has 0 aliphatic heterocycles. The van der Waals surface area contributed by atoms with E-state index in [9.17, 15) is 22.0 Å². The number of sulfone groups is 2. The third kappa shape index (κ3) is 4.50. The zero-order valence-corrected chi connectivity index (χ0v) is 15.7. The molecule has 0 atom stereocenters. The van der Waals surface area contributed by atoms with E-state index < -0.39 is 29.7 Å². The molecule has 7 nitrogen and oxygen atoms in total. The van der Waals surface area contributed by atoms with E-state index in [1.165, 1.54) is 0 Å². The predicted octanol–water partition coefficient (Wildman–Crippen LogP) is 1.66. The van der Waals surface area contributed by atoms with E-state index in [-0.39, 0.29) is 16.4 Å². The number of benzene rings is 2. The van der Waals surface area contributed by atoms with E-state index in [1.54, 1.807) is 60.7 Å². The molecular formula is C18H16N2O5S2. The van der Waals surface area contributed by atoms with Gasteiger partial charge in [-0.15, -0.1) is 0 Å². The highest BCUT2D eigenvalue weighted by Crippen LogP contribution is 2.17. The lowest BCUT2D eigenvalue weighted by atomic mass is 10.2. The smallest absolute Gasteiger partial charge is 0.335 e. The van der Waals surface area contributed by atoms with Crippen LogP contribution in [0.25, 0.3) is 0 Å². The molecule has 0 aliphatic carbocycles. The Kier molecular flexibility index (Phi) is 5.24. The van der Waals surface area contributed by atoms with Crippen molar-refractivity contribution in [2.45, 2.75) is 21.6 Å². The molecule has 0 fully saturated rings. The monoisotopic (exact) mass is 404 g/mol. The van der Waals surface area contributed by atoms with Crippen LogP contribution in [0, 0.1) is 5.21 Å². The molecular weight excluding hydrogens is 388 g/mol. The molecule has 0 radical (unpaired) electrons. The number of hydrogen-bond donors (Lipinski definition) is 0. The van der Waals surface area contributed by atoms with Crippen molar-refractivity contribution >= 4 is 19.7 Å². The summed E-state index contributed by atoms with van der Waals surface area (Å²) in [6, 6.07) is 18.8. The average Bonchev–Trinajstić information content (AvgIpc) is 2.62. The van der Waals surface area contributed by atoms with E-state index in [1.807, 2.05) is 0 Å². The van der Waals surface area contributed by atoms with Gasteiger partial charge >= 0.3 is 5.03 Å². The van der Waals surface area contributed by atoms with Crippen LogP contribution in [0.2, 0.25) is 0 Å². The highest BCUT2D eigenvalue weighted by molar-refractivity contribution is 7.90. The molecule has 1 aromatic heterocycles. The number of rotatable bonds is 6. The largest absolute Gasteiger partial charge is 0.593 e. The first-order chi connectivity index (χ1) is 12.8. The maximum Gasteiger partial charge on any atom is 0.335 e. The third-order valence-corrected chi connectivity index (χ3v) is 6.99. The first-order valence-electron chi connectivity index (χ1n) is 7.92. The van der Waals surface area contributed by atoms with Crippen molar-refractivity contribution in [3.63, 3.8) is 0 Å². The normalized spacial score (nSPS) is 12.0. The molecule has 3 rings (SSSR count). The summed E-state index contributed by atoms with van der Waals surface area (Å²) in [5.74, 6) is -0.717. The second-order valence-corrected chi connectivity index (χ2v) is 9.75. The molecule has 140 valence electrons. The van der Waals surface area contributed by atoms with Gasteiger partial charge in [-0.3, -0.25) is 0 Å². The molecule has 0 amide bonds. The van der Waals surface area contributed by atoms with Crippen molar-refractivity contribution in [2.75, 3.05) is 0 Å².